The second kappa shape index (κ2) is 8.23. The fourth-order valence-corrected chi connectivity index (χ4v) is 5.11. The summed E-state index contributed by atoms with van der Waals surface area (Å²) in [7, 11) is 0. The van der Waals surface area contributed by atoms with E-state index in [1.165, 1.54) is 77.9 Å². The Balaban J connectivity index is 1.28. The van der Waals surface area contributed by atoms with Crippen LogP contribution in [0.15, 0.2) is 4.99 Å². The molecule has 4 saturated heterocycles. The van der Waals surface area contributed by atoms with Crippen LogP contribution in [0.3, 0.4) is 0 Å². The van der Waals surface area contributed by atoms with Crippen LogP contribution in [-0.4, -0.2) is 97.7 Å². The lowest BCUT2D eigenvalue weighted by molar-refractivity contribution is 0.0174. The highest BCUT2D eigenvalue weighted by Crippen LogP contribution is 2.26. The Morgan fingerprint density at radius 1 is 0.960 bits per heavy atom. The molecule has 1 saturated carbocycles. The zero-order valence-corrected chi connectivity index (χ0v) is 15.9. The normalized spacial score (nSPS) is 36.9. The zero-order chi connectivity index (χ0) is 17.1. The van der Waals surface area contributed by atoms with Gasteiger partial charge in [0.05, 0.1) is 6.54 Å². The van der Waals surface area contributed by atoms with Gasteiger partial charge in [0, 0.05) is 70.5 Å². The van der Waals surface area contributed by atoms with Crippen molar-refractivity contribution in [1.82, 2.24) is 25.3 Å². The molecule has 2 atom stereocenters. The van der Waals surface area contributed by atoms with E-state index < -0.39 is 0 Å². The molecule has 4 aliphatic heterocycles. The molecule has 4 heterocycles. The number of piperazine rings is 3. The van der Waals surface area contributed by atoms with Gasteiger partial charge in [-0.1, -0.05) is 12.8 Å². The van der Waals surface area contributed by atoms with Crippen LogP contribution in [0.5, 0.6) is 0 Å². The van der Waals surface area contributed by atoms with Gasteiger partial charge in [0.25, 0.3) is 0 Å². The quantitative estimate of drug-likeness (QED) is 0.562. The molecule has 142 valence electrons. The van der Waals surface area contributed by atoms with Crippen molar-refractivity contribution in [2.45, 2.75) is 57.2 Å². The van der Waals surface area contributed by atoms with E-state index in [4.69, 9.17) is 4.99 Å². The Morgan fingerprint density at radius 3 is 2.44 bits per heavy atom. The average Bonchev–Trinajstić information content (AvgIpc) is 3.32. The smallest absolute Gasteiger partial charge is 0.191 e. The van der Waals surface area contributed by atoms with E-state index in [1.54, 1.807) is 0 Å². The Hall–Kier alpha value is -0.850. The van der Waals surface area contributed by atoms with Crippen molar-refractivity contribution in [2.75, 3.05) is 58.9 Å². The summed E-state index contributed by atoms with van der Waals surface area (Å²) in [5.41, 5.74) is 0. The van der Waals surface area contributed by atoms with Gasteiger partial charge in [-0.3, -0.25) is 19.7 Å². The Kier molecular flexibility index (Phi) is 5.78. The van der Waals surface area contributed by atoms with Crippen molar-refractivity contribution < 1.29 is 0 Å². The van der Waals surface area contributed by atoms with Crippen LogP contribution in [-0.2, 0) is 0 Å². The SMILES string of the molecule is CCNC(=NCC1CN2CCN1CC2)NC1CCN(C2CCCC2)C1. The largest absolute Gasteiger partial charge is 0.357 e. The van der Waals surface area contributed by atoms with E-state index in [0.29, 0.717) is 12.1 Å². The summed E-state index contributed by atoms with van der Waals surface area (Å²) >= 11 is 0. The maximum Gasteiger partial charge on any atom is 0.191 e. The molecule has 0 radical (unpaired) electrons. The number of rotatable bonds is 5. The van der Waals surface area contributed by atoms with Gasteiger partial charge in [-0.05, 0) is 26.2 Å². The molecule has 0 amide bonds. The molecule has 0 aromatic rings. The first-order chi connectivity index (χ1) is 12.3. The van der Waals surface area contributed by atoms with Gasteiger partial charge in [-0.15, -0.1) is 0 Å². The molecule has 5 fully saturated rings. The molecule has 0 spiro atoms. The lowest BCUT2D eigenvalue weighted by atomic mass is 10.1. The molecule has 5 rings (SSSR count). The van der Waals surface area contributed by atoms with Gasteiger partial charge in [0.15, 0.2) is 5.96 Å². The summed E-state index contributed by atoms with van der Waals surface area (Å²) in [6.07, 6.45) is 6.94. The van der Waals surface area contributed by atoms with Crippen molar-refractivity contribution in [3.05, 3.63) is 0 Å². The summed E-state index contributed by atoms with van der Waals surface area (Å²) < 4.78 is 0. The third kappa shape index (κ3) is 4.29. The van der Waals surface area contributed by atoms with Crippen LogP contribution in [0.4, 0.5) is 0 Å². The van der Waals surface area contributed by atoms with E-state index in [0.717, 1.165) is 25.1 Å². The molecule has 2 unspecified atom stereocenters. The third-order valence-corrected chi connectivity index (χ3v) is 6.60. The van der Waals surface area contributed by atoms with Gasteiger partial charge in [-0.2, -0.15) is 0 Å². The van der Waals surface area contributed by atoms with Crippen molar-refractivity contribution in [2.24, 2.45) is 4.99 Å². The molecular formula is C19H36N6. The first kappa shape index (κ1) is 17.6. The molecule has 2 N–H and O–H groups in total. The second-order valence-corrected chi connectivity index (χ2v) is 8.27. The number of hydrogen-bond donors (Lipinski definition) is 2. The number of aliphatic imine (C=N–C) groups is 1. The lowest BCUT2D eigenvalue weighted by Gasteiger charge is -2.47. The van der Waals surface area contributed by atoms with Gasteiger partial charge in [0.1, 0.15) is 0 Å². The minimum atomic E-state index is 0.560. The van der Waals surface area contributed by atoms with Crippen LogP contribution in [0, 0.1) is 0 Å². The fraction of sp³-hybridized carbons (Fsp3) is 0.947. The summed E-state index contributed by atoms with van der Waals surface area (Å²) in [5.74, 6) is 1.03. The fourth-order valence-electron chi connectivity index (χ4n) is 5.11. The van der Waals surface area contributed by atoms with Crippen LogP contribution < -0.4 is 10.6 Å². The van der Waals surface area contributed by atoms with Gasteiger partial charge >= 0.3 is 0 Å². The summed E-state index contributed by atoms with van der Waals surface area (Å²) in [5, 5.41) is 7.18. The van der Waals surface area contributed by atoms with Crippen LogP contribution in [0.1, 0.15) is 39.0 Å². The molecule has 2 bridgehead atoms. The standard InChI is InChI=1S/C19H36N6/c1-2-20-19(21-13-18-15-23-9-11-24(18)12-10-23)22-16-7-8-25(14-16)17-5-3-4-6-17/h16-18H,2-15H2,1H3,(H2,20,21,22). The maximum absolute atomic E-state index is 4.95. The lowest BCUT2D eigenvalue weighted by Crippen LogP contribution is -2.62. The zero-order valence-electron chi connectivity index (χ0n) is 15.9. The van der Waals surface area contributed by atoms with Crippen LogP contribution in [0.2, 0.25) is 0 Å². The van der Waals surface area contributed by atoms with E-state index in [9.17, 15) is 0 Å². The summed E-state index contributed by atoms with van der Waals surface area (Å²) in [6, 6.07) is 2.02. The summed E-state index contributed by atoms with van der Waals surface area (Å²) in [6.45, 7) is 12.6. The van der Waals surface area contributed by atoms with Gasteiger partial charge < -0.3 is 10.6 Å². The van der Waals surface area contributed by atoms with Crippen molar-refractivity contribution in [3.8, 4) is 0 Å². The molecule has 6 heteroatoms. The first-order valence-electron chi connectivity index (χ1n) is 10.6. The molecule has 6 nitrogen and oxygen atoms in total. The predicted molar refractivity (Wildman–Crippen MR) is 103 cm³/mol. The third-order valence-electron chi connectivity index (χ3n) is 6.60. The van der Waals surface area contributed by atoms with Crippen molar-refractivity contribution in [3.63, 3.8) is 0 Å². The topological polar surface area (TPSA) is 46.1 Å². The Bertz CT molecular complexity index is 453. The Morgan fingerprint density at radius 2 is 1.76 bits per heavy atom. The highest BCUT2D eigenvalue weighted by atomic mass is 15.4. The number of likely N-dealkylation sites (tertiary alicyclic amines) is 1. The molecule has 5 aliphatic rings. The minimum Gasteiger partial charge on any atom is -0.357 e. The molecule has 0 aromatic heterocycles. The average molecular weight is 349 g/mol. The number of nitrogens with one attached hydrogen (secondary N) is 2. The Labute approximate surface area is 153 Å². The van der Waals surface area contributed by atoms with E-state index in [1.807, 2.05) is 0 Å². The van der Waals surface area contributed by atoms with Gasteiger partial charge in [0.2, 0.25) is 0 Å². The number of guanidine groups is 1. The predicted octanol–water partition coefficient (Wildman–Crippen LogP) is 0.558. The van der Waals surface area contributed by atoms with Crippen LogP contribution in [0.25, 0.3) is 0 Å². The highest BCUT2D eigenvalue weighted by molar-refractivity contribution is 5.80. The molecule has 1 aliphatic carbocycles. The second-order valence-electron chi connectivity index (χ2n) is 8.27. The summed E-state index contributed by atoms with van der Waals surface area (Å²) in [4.78, 5) is 12.9. The number of nitrogens with zero attached hydrogens (tertiary/aromatic N) is 4. The van der Waals surface area contributed by atoms with Crippen molar-refractivity contribution >= 4 is 5.96 Å². The number of fused-ring (bicyclic) bond motifs is 3. The van der Waals surface area contributed by atoms with Gasteiger partial charge in [-0.25, -0.2) is 0 Å². The van der Waals surface area contributed by atoms with Crippen LogP contribution >= 0.6 is 0 Å². The molecule has 25 heavy (non-hydrogen) atoms. The monoisotopic (exact) mass is 348 g/mol. The van der Waals surface area contributed by atoms with Crippen molar-refractivity contribution in [1.29, 1.82) is 0 Å². The minimum absolute atomic E-state index is 0.560. The highest BCUT2D eigenvalue weighted by Gasteiger charge is 2.32. The van der Waals surface area contributed by atoms with E-state index >= 15 is 0 Å². The van der Waals surface area contributed by atoms with E-state index in [-0.39, 0.29) is 0 Å². The maximum atomic E-state index is 4.95. The first-order valence-corrected chi connectivity index (χ1v) is 10.6. The molecule has 0 aromatic carbocycles. The number of hydrogen-bond acceptors (Lipinski definition) is 4. The van der Waals surface area contributed by atoms with E-state index in [2.05, 4.69) is 32.3 Å². The molecular weight excluding hydrogens is 312 g/mol.